The van der Waals surface area contributed by atoms with Crippen LogP contribution in [0.1, 0.15) is 5.56 Å². The first-order valence-corrected chi connectivity index (χ1v) is 6.01. The van der Waals surface area contributed by atoms with Crippen LogP contribution in [0.3, 0.4) is 0 Å². The number of hydrogen-bond donors (Lipinski definition) is 3. The summed E-state index contributed by atoms with van der Waals surface area (Å²) >= 11 is 0. The maximum atomic E-state index is 12.9. The Morgan fingerprint density at radius 1 is 1.30 bits per heavy atom. The lowest BCUT2D eigenvalue weighted by Gasteiger charge is -2.12. The fourth-order valence-electron chi connectivity index (χ4n) is 1.68. The molecule has 0 radical (unpaired) electrons. The predicted molar refractivity (Wildman–Crippen MR) is 72.6 cm³/mol. The summed E-state index contributed by atoms with van der Waals surface area (Å²) in [6.07, 6.45) is 0.307. The predicted octanol–water partition coefficient (Wildman–Crippen LogP) is 1.43. The van der Waals surface area contributed by atoms with E-state index in [0.29, 0.717) is 6.42 Å². The molecule has 2 rings (SSSR count). The van der Waals surface area contributed by atoms with Crippen LogP contribution in [0.4, 0.5) is 10.2 Å². The van der Waals surface area contributed by atoms with E-state index < -0.39 is 17.9 Å². The van der Waals surface area contributed by atoms with E-state index in [0.717, 1.165) is 5.56 Å². The van der Waals surface area contributed by atoms with Gasteiger partial charge in [0, 0.05) is 0 Å². The quantitative estimate of drug-likeness (QED) is 0.737. The molecule has 0 aliphatic carbocycles. The molecule has 0 aliphatic rings. The van der Waals surface area contributed by atoms with Gasteiger partial charge in [-0.2, -0.15) is 4.39 Å². The van der Waals surface area contributed by atoms with E-state index in [2.05, 4.69) is 10.3 Å². The van der Waals surface area contributed by atoms with Crippen LogP contribution in [0.25, 0.3) is 0 Å². The highest BCUT2D eigenvalue weighted by atomic mass is 19.1. The zero-order chi connectivity index (χ0) is 14.5. The number of anilines is 1. The van der Waals surface area contributed by atoms with Crippen LogP contribution in [-0.4, -0.2) is 22.0 Å². The second-order valence-electron chi connectivity index (χ2n) is 4.31. The van der Waals surface area contributed by atoms with Crippen LogP contribution >= 0.6 is 0 Å². The Balaban J connectivity index is 1.96. The number of nitrogens with two attached hydrogens (primary N) is 1. The molecule has 20 heavy (non-hydrogen) atoms. The zero-order valence-electron chi connectivity index (χ0n) is 10.6. The lowest BCUT2D eigenvalue weighted by Crippen LogP contribution is -2.37. The Bertz CT molecular complexity index is 602. The molecule has 1 atom stereocenters. The highest BCUT2D eigenvalue weighted by Crippen LogP contribution is 2.11. The average molecular weight is 275 g/mol. The molecular weight excluding hydrogens is 261 g/mol. The van der Waals surface area contributed by atoms with E-state index in [1.165, 1.54) is 30.3 Å². The van der Waals surface area contributed by atoms with Gasteiger partial charge in [0.15, 0.2) is 0 Å². The number of phenols is 1. The molecule has 1 amide bonds. The Hall–Kier alpha value is -2.47. The van der Waals surface area contributed by atoms with Gasteiger partial charge in [-0.05, 0) is 36.2 Å². The highest BCUT2D eigenvalue weighted by molar-refractivity contribution is 5.94. The van der Waals surface area contributed by atoms with E-state index in [-0.39, 0.29) is 11.6 Å². The van der Waals surface area contributed by atoms with Gasteiger partial charge in [0.2, 0.25) is 11.9 Å². The third-order valence-electron chi connectivity index (χ3n) is 2.70. The summed E-state index contributed by atoms with van der Waals surface area (Å²) in [6, 6.07) is 9.74. The van der Waals surface area contributed by atoms with Crippen molar-refractivity contribution in [3.63, 3.8) is 0 Å². The molecule has 1 heterocycles. The fraction of sp³-hybridized carbons (Fsp3) is 0.143. The molecule has 0 aliphatic heterocycles. The van der Waals surface area contributed by atoms with Crippen LogP contribution < -0.4 is 11.1 Å². The molecular formula is C14H14FN3O2. The molecule has 0 bridgehead atoms. The normalized spacial score (nSPS) is 11.9. The number of halogens is 1. The van der Waals surface area contributed by atoms with Crippen molar-refractivity contribution >= 4 is 11.7 Å². The van der Waals surface area contributed by atoms with Crippen LogP contribution in [0, 0.1) is 5.95 Å². The SMILES string of the molecule is N[C@H](Cc1ccc(O)cc1)C(=O)Nc1cccc(F)n1. The zero-order valence-corrected chi connectivity index (χ0v) is 10.6. The minimum Gasteiger partial charge on any atom is -0.508 e. The number of phenolic OH excluding ortho intramolecular Hbond substituents is 1. The third kappa shape index (κ3) is 3.76. The minimum atomic E-state index is -0.787. The lowest BCUT2D eigenvalue weighted by molar-refractivity contribution is -0.117. The molecule has 0 spiro atoms. The molecule has 0 saturated carbocycles. The number of nitrogens with one attached hydrogen (secondary N) is 1. The Kier molecular flexibility index (Phi) is 4.27. The molecule has 1 aromatic heterocycles. The van der Waals surface area contributed by atoms with Crippen molar-refractivity contribution in [2.75, 3.05) is 5.32 Å². The second kappa shape index (κ2) is 6.12. The summed E-state index contributed by atoms with van der Waals surface area (Å²) in [5.41, 5.74) is 6.59. The molecule has 5 nitrogen and oxygen atoms in total. The van der Waals surface area contributed by atoms with Crippen molar-refractivity contribution in [1.29, 1.82) is 0 Å². The number of aromatic hydroxyl groups is 1. The van der Waals surface area contributed by atoms with Crippen molar-refractivity contribution in [1.82, 2.24) is 4.98 Å². The number of pyridine rings is 1. The Morgan fingerprint density at radius 3 is 2.65 bits per heavy atom. The van der Waals surface area contributed by atoms with E-state index in [9.17, 15) is 9.18 Å². The second-order valence-corrected chi connectivity index (χ2v) is 4.31. The van der Waals surface area contributed by atoms with E-state index in [1.807, 2.05) is 0 Å². The van der Waals surface area contributed by atoms with Crippen molar-refractivity contribution in [2.45, 2.75) is 12.5 Å². The van der Waals surface area contributed by atoms with Gasteiger partial charge in [0.05, 0.1) is 6.04 Å². The maximum Gasteiger partial charge on any atom is 0.242 e. The van der Waals surface area contributed by atoms with Gasteiger partial charge in [-0.15, -0.1) is 0 Å². The van der Waals surface area contributed by atoms with Crippen LogP contribution in [-0.2, 0) is 11.2 Å². The number of benzene rings is 1. The van der Waals surface area contributed by atoms with Gasteiger partial charge < -0.3 is 16.2 Å². The van der Waals surface area contributed by atoms with E-state index in [1.54, 1.807) is 12.1 Å². The summed E-state index contributed by atoms with van der Waals surface area (Å²) < 4.78 is 12.9. The first-order valence-electron chi connectivity index (χ1n) is 6.01. The molecule has 0 saturated heterocycles. The Labute approximate surface area is 115 Å². The number of amides is 1. The van der Waals surface area contributed by atoms with Crippen LogP contribution in [0.5, 0.6) is 5.75 Å². The molecule has 2 aromatic rings. The van der Waals surface area contributed by atoms with Gasteiger partial charge >= 0.3 is 0 Å². The summed E-state index contributed by atoms with van der Waals surface area (Å²) in [6.45, 7) is 0. The number of carbonyl (C=O) groups excluding carboxylic acids is 1. The number of aromatic nitrogens is 1. The van der Waals surface area contributed by atoms with Gasteiger partial charge in [-0.3, -0.25) is 4.79 Å². The molecule has 1 aromatic carbocycles. The van der Waals surface area contributed by atoms with Gasteiger partial charge in [0.25, 0.3) is 0 Å². The smallest absolute Gasteiger partial charge is 0.242 e. The van der Waals surface area contributed by atoms with Gasteiger partial charge in [0.1, 0.15) is 11.6 Å². The number of rotatable bonds is 4. The molecule has 6 heteroatoms. The number of nitrogens with zero attached hydrogens (tertiary/aromatic N) is 1. The first-order chi connectivity index (χ1) is 9.54. The molecule has 104 valence electrons. The average Bonchev–Trinajstić information content (AvgIpc) is 2.41. The van der Waals surface area contributed by atoms with Crippen molar-refractivity contribution < 1.29 is 14.3 Å². The molecule has 0 fully saturated rings. The third-order valence-corrected chi connectivity index (χ3v) is 2.70. The minimum absolute atomic E-state index is 0.121. The van der Waals surface area contributed by atoms with E-state index in [4.69, 9.17) is 10.8 Å². The summed E-state index contributed by atoms with van der Waals surface area (Å²) in [5, 5.41) is 11.6. The Morgan fingerprint density at radius 2 is 2.00 bits per heavy atom. The number of hydrogen-bond acceptors (Lipinski definition) is 4. The topological polar surface area (TPSA) is 88.2 Å². The highest BCUT2D eigenvalue weighted by Gasteiger charge is 2.15. The monoisotopic (exact) mass is 275 g/mol. The lowest BCUT2D eigenvalue weighted by atomic mass is 10.1. The van der Waals surface area contributed by atoms with E-state index >= 15 is 0 Å². The van der Waals surface area contributed by atoms with Crippen LogP contribution in [0.15, 0.2) is 42.5 Å². The maximum absolute atomic E-state index is 12.9. The molecule has 4 N–H and O–H groups in total. The first kappa shape index (κ1) is 14.0. The van der Waals surface area contributed by atoms with Crippen LogP contribution in [0.2, 0.25) is 0 Å². The largest absolute Gasteiger partial charge is 0.508 e. The van der Waals surface area contributed by atoms with Crippen molar-refractivity contribution in [3.8, 4) is 5.75 Å². The fourth-order valence-corrected chi connectivity index (χ4v) is 1.68. The number of carbonyl (C=O) groups is 1. The standard InChI is InChI=1S/C14H14FN3O2/c15-12-2-1-3-13(17-12)18-14(20)11(16)8-9-4-6-10(19)7-5-9/h1-7,11,19H,8,16H2,(H,17,18,20)/t11-/m1/s1. The summed E-state index contributed by atoms with van der Waals surface area (Å²) in [4.78, 5) is 15.4. The van der Waals surface area contributed by atoms with Gasteiger partial charge in [-0.25, -0.2) is 4.98 Å². The molecule has 0 unspecified atom stereocenters. The summed E-state index contributed by atoms with van der Waals surface area (Å²) in [7, 11) is 0. The van der Waals surface area contributed by atoms with Gasteiger partial charge in [-0.1, -0.05) is 18.2 Å². The van der Waals surface area contributed by atoms with Crippen molar-refractivity contribution in [2.24, 2.45) is 5.73 Å². The summed E-state index contributed by atoms with van der Waals surface area (Å²) in [5.74, 6) is -0.849. The van der Waals surface area contributed by atoms with Crippen molar-refractivity contribution in [3.05, 3.63) is 54.0 Å².